The van der Waals surface area contributed by atoms with Crippen LogP contribution in [-0.2, 0) is 9.84 Å². The van der Waals surface area contributed by atoms with Crippen LogP contribution in [-0.4, -0.2) is 26.5 Å². The van der Waals surface area contributed by atoms with E-state index in [-0.39, 0.29) is 11.8 Å². The first-order valence-electron chi connectivity index (χ1n) is 6.90. The average Bonchev–Trinajstić information content (AvgIpc) is 2.23. The molecule has 108 valence electrons. The predicted octanol–water partition coefficient (Wildman–Crippen LogP) is 1.86. The first-order valence-corrected chi connectivity index (χ1v) is 8.96. The van der Waals surface area contributed by atoms with E-state index in [1.165, 1.54) is 31.9 Å². The van der Waals surface area contributed by atoms with E-state index in [1.54, 1.807) is 0 Å². The molecule has 2 atom stereocenters. The largest absolute Gasteiger partial charge is 0.271 e. The van der Waals surface area contributed by atoms with Gasteiger partial charge in [-0.1, -0.05) is 26.7 Å². The molecule has 3 N–H and O–H groups in total. The molecule has 0 radical (unpaired) electrons. The quantitative estimate of drug-likeness (QED) is 0.574. The summed E-state index contributed by atoms with van der Waals surface area (Å²) in [5.74, 6) is 6.49. The van der Waals surface area contributed by atoms with E-state index in [1.807, 2.05) is 0 Å². The molecule has 1 saturated carbocycles. The van der Waals surface area contributed by atoms with Crippen LogP contribution in [0.4, 0.5) is 0 Å². The second-order valence-corrected chi connectivity index (χ2v) is 8.65. The second-order valence-electron chi connectivity index (χ2n) is 6.39. The molecule has 1 aliphatic rings. The topological polar surface area (TPSA) is 72.2 Å². The van der Waals surface area contributed by atoms with Crippen LogP contribution in [0.2, 0.25) is 0 Å². The summed E-state index contributed by atoms with van der Waals surface area (Å²) in [7, 11) is -2.86. The number of nitrogens with one attached hydrogen (secondary N) is 1. The van der Waals surface area contributed by atoms with Crippen molar-refractivity contribution in [3.05, 3.63) is 0 Å². The summed E-state index contributed by atoms with van der Waals surface area (Å²) in [6.07, 6.45) is 7.82. The van der Waals surface area contributed by atoms with Crippen molar-refractivity contribution in [2.24, 2.45) is 17.2 Å². The van der Waals surface area contributed by atoms with Gasteiger partial charge in [0, 0.05) is 18.1 Å². The van der Waals surface area contributed by atoms with Crippen molar-refractivity contribution in [3.63, 3.8) is 0 Å². The van der Waals surface area contributed by atoms with Gasteiger partial charge in [0.05, 0.1) is 0 Å². The third kappa shape index (κ3) is 4.86. The molecule has 0 amide bonds. The number of sulfone groups is 1. The molecule has 1 fully saturated rings. The van der Waals surface area contributed by atoms with E-state index in [2.05, 4.69) is 19.3 Å². The van der Waals surface area contributed by atoms with E-state index >= 15 is 0 Å². The van der Waals surface area contributed by atoms with Crippen LogP contribution in [0, 0.1) is 11.3 Å². The highest BCUT2D eigenvalue weighted by atomic mass is 32.2. The maximum absolute atomic E-state index is 11.2. The van der Waals surface area contributed by atoms with Crippen LogP contribution in [0.3, 0.4) is 0 Å². The van der Waals surface area contributed by atoms with Gasteiger partial charge in [-0.3, -0.25) is 11.3 Å². The molecule has 0 saturated heterocycles. The van der Waals surface area contributed by atoms with Crippen LogP contribution in [0.25, 0.3) is 0 Å². The van der Waals surface area contributed by atoms with E-state index in [9.17, 15) is 8.42 Å². The Bertz CT molecular complexity index is 352. The summed E-state index contributed by atoms with van der Waals surface area (Å²) in [6, 6.07) is 0.238. The standard InChI is InChI=1S/C13H28N2O2S/c1-13(2)9-5-4-7-11(13)12(15-14)8-6-10-18(3,16)17/h11-12,15H,4-10,14H2,1-3H3. The highest BCUT2D eigenvalue weighted by Crippen LogP contribution is 2.43. The number of hydrogen-bond acceptors (Lipinski definition) is 4. The molecule has 1 rings (SSSR count). The minimum Gasteiger partial charge on any atom is -0.271 e. The third-order valence-electron chi connectivity index (χ3n) is 4.32. The molecule has 0 aromatic heterocycles. The fourth-order valence-electron chi connectivity index (χ4n) is 3.23. The second kappa shape index (κ2) is 6.35. The zero-order chi connectivity index (χ0) is 13.8. The summed E-state index contributed by atoms with van der Waals surface area (Å²) in [5.41, 5.74) is 3.22. The Hall–Kier alpha value is -0.130. The number of hydrogen-bond donors (Lipinski definition) is 2. The molecule has 0 spiro atoms. The molecule has 0 aliphatic heterocycles. The average molecular weight is 276 g/mol. The van der Waals surface area contributed by atoms with Gasteiger partial charge in [-0.25, -0.2) is 8.42 Å². The minimum atomic E-state index is -2.86. The lowest BCUT2D eigenvalue weighted by molar-refractivity contribution is 0.0945. The lowest BCUT2D eigenvalue weighted by Gasteiger charge is -2.43. The Morgan fingerprint density at radius 2 is 2.06 bits per heavy atom. The van der Waals surface area contributed by atoms with Gasteiger partial charge >= 0.3 is 0 Å². The highest BCUT2D eigenvalue weighted by Gasteiger charge is 2.36. The zero-order valence-electron chi connectivity index (χ0n) is 11.9. The van der Waals surface area contributed by atoms with E-state index in [0.717, 1.165) is 6.42 Å². The number of rotatable bonds is 6. The van der Waals surface area contributed by atoms with E-state index in [0.29, 0.717) is 17.8 Å². The van der Waals surface area contributed by atoms with Crippen molar-refractivity contribution in [3.8, 4) is 0 Å². The van der Waals surface area contributed by atoms with Crippen LogP contribution in [0.5, 0.6) is 0 Å². The molecule has 18 heavy (non-hydrogen) atoms. The van der Waals surface area contributed by atoms with Gasteiger partial charge in [0.25, 0.3) is 0 Å². The summed E-state index contributed by atoms with van der Waals surface area (Å²) >= 11 is 0. The number of hydrazine groups is 1. The lowest BCUT2D eigenvalue weighted by Crippen LogP contribution is -2.47. The normalized spacial score (nSPS) is 25.9. The van der Waals surface area contributed by atoms with Crippen molar-refractivity contribution in [2.75, 3.05) is 12.0 Å². The fraction of sp³-hybridized carbons (Fsp3) is 1.00. The van der Waals surface area contributed by atoms with Crippen molar-refractivity contribution in [1.29, 1.82) is 0 Å². The molecule has 4 nitrogen and oxygen atoms in total. The zero-order valence-corrected chi connectivity index (χ0v) is 12.7. The van der Waals surface area contributed by atoms with Crippen molar-refractivity contribution in [1.82, 2.24) is 5.43 Å². The Balaban J connectivity index is 2.54. The Morgan fingerprint density at radius 1 is 1.39 bits per heavy atom. The molecule has 1 aliphatic carbocycles. The lowest BCUT2D eigenvalue weighted by atomic mass is 9.65. The first-order chi connectivity index (χ1) is 8.26. The van der Waals surface area contributed by atoms with Crippen LogP contribution in [0.1, 0.15) is 52.4 Å². The number of nitrogens with two attached hydrogens (primary N) is 1. The summed E-state index contributed by atoms with van der Waals surface area (Å²) in [6.45, 7) is 4.61. The van der Waals surface area contributed by atoms with Gasteiger partial charge in [0.2, 0.25) is 0 Å². The predicted molar refractivity (Wildman–Crippen MR) is 75.8 cm³/mol. The van der Waals surface area contributed by atoms with Gasteiger partial charge in [-0.05, 0) is 37.0 Å². The molecular weight excluding hydrogens is 248 g/mol. The maximum atomic E-state index is 11.2. The van der Waals surface area contributed by atoms with Crippen LogP contribution >= 0.6 is 0 Å². The molecule has 0 aromatic rings. The van der Waals surface area contributed by atoms with Gasteiger partial charge in [-0.2, -0.15) is 0 Å². The molecule has 0 aromatic carbocycles. The van der Waals surface area contributed by atoms with Gasteiger partial charge in [0.15, 0.2) is 0 Å². The molecule has 0 heterocycles. The molecule has 0 bridgehead atoms. The van der Waals surface area contributed by atoms with Gasteiger partial charge < -0.3 is 0 Å². The highest BCUT2D eigenvalue weighted by molar-refractivity contribution is 7.90. The SMILES string of the molecule is CC1(C)CCCCC1C(CCCS(C)(=O)=O)NN. The molecule has 5 heteroatoms. The van der Waals surface area contributed by atoms with Crippen LogP contribution < -0.4 is 11.3 Å². The molecule has 2 unspecified atom stereocenters. The van der Waals surface area contributed by atoms with E-state index < -0.39 is 9.84 Å². The van der Waals surface area contributed by atoms with Gasteiger partial charge in [0.1, 0.15) is 9.84 Å². The fourth-order valence-corrected chi connectivity index (χ4v) is 3.92. The smallest absolute Gasteiger partial charge is 0.147 e. The van der Waals surface area contributed by atoms with Gasteiger partial charge in [-0.15, -0.1) is 0 Å². The van der Waals surface area contributed by atoms with Crippen LogP contribution in [0.15, 0.2) is 0 Å². The summed E-state index contributed by atoms with van der Waals surface area (Å²) < 4.78 is 22.3. The third-order valence-corrected chi connectivity index (χ3v) is 5.35. The van der Waals surface area contributed by atoms with E-state index in [4.69, 9.17) is 5.84 Å². The van der Waals surface area contributed by atoms with Crippen molar-refractivity contribution < 1.29 is 8.42 Å². The van der Waals surface area contributed by atoms with Crippen molar-refractivity contribution in [2.45, 2.75) is 58.4 Å². The summed E-state index contributed by atoms with van der Waals surface area (Å²) in [5, 5.41) is 0. The monoisotopic (exact) mass is 276 g/mol. The minimum absolute atomic E-state index is 0.238. The maximum Gasteiger partial charge on any atom is 0.147 e. The van der Waals surface area contributed by atoms with Crippen molar-refractivity contribution >= 4 is 9.84 Å². The Morgan fingerprint density at radius 3 is 2.56 bits per heavy atom. The summed E-state index contributed by atoms with van der Waals surface area (Å²) in [4.78, 5) is 0. The Labute approximate surface area is 112 Å². The Kier molecular flexibility index (Phi) is 5.62. The first kappa shape index (κ1) is 15.9. The molecular formula is C13H28N2O2S.